The number of alkyl halides is 1. The first-order chi connectivity index (χ1) is 8.71. The van der Waals surface area contributed by atoms with Gasteiger partial charge in [-0.15, -0.1) is 12.3 Å². The van der Waals surface area contributed by atoms with E-state index in [0.29, 0.717) is 6.42 Å². The minimum absolute atomic E-state index is 0.0331. The van der Waals surface area contributed by atoms with E-state index in [1.54, 1.807) is 7.11 Å². The van der Waals surface area contributed by atoms with Crippen molar-refractivity contribution >= 4 is 15.9 Å². The Kier molecular flexibility index (Phi) is 7.34. The van der Waals surface area contributed by atoms with Crippen LogP contribution in [-0.4, -0.2) is 30.8 Å². The molecule has 0 N–H and O–H groups in total. The summed E-state index contributed by atoms with van der Waals surface area (Å²) < 4.78 is 11.4. The minimum Gasteiger partial charge on any atom is -0.375 e. The number of terminal acetylenes is 1. The van der Waals surface area contributed by atoms with Crippen molar-refractivity contribution in [3.8, 4) is 12.3 Å². The fourth-order valence-corrected chi connectivity index (χ4v) is 2.30. The van der Waals surface area contributed by atoms with E-state index in [2.05, 4.69) is 34.5 Å². The van der Waals surface area contributed by atoms with Gasteiger partial charge in [-0.2, -0.15) is 0 Å². The van der Waals surface area contributed by atoms with Crippen LogP contribution in [0.1, 0.15) is 25.7 Å². The molecule has 0 aliphatic carbocycles. The molecule has 100 valence electrons. The van der Waals surface area contributed by atoms with Crippen molar-refractivity contribution in [1.29, 1.82) is 0 Å². The molecule has 0 aromatic rings. The number of hydrogen-bond donors (Lipinski definition) is 0. The zero-order chi connectivity index (χ0) is 13.4. The summed E-state index contributed by atoms with van der Waals surface area (Å²) in [5, 5.41) is 0.867. The fourth-order valence-electron chi connectivity index (χ4n) is 2.02. The van der Waals surface area contributed by atoms with Gasteiger partial charge in [0.05, 0.1) is 12.2 Å². The summed E-state index contributed by atoms with van der Waals surface area (Å²) in [5.74, 6) is 2.64. The lowest BCUT2D eigenvalue weighted by Gasteiger charge is -2.31. The molecule has 1 unspecified atom stereocenters. The molecule has 0 aromatic carbocycles. The largest absolute Gasteiger partial charge is 0.375 e. The van der Waals surface area contributed by atoms with Gasteiger partial charge in [0.1, 0.15) is 6.10 Å². The number of methoxy groups -OCH3 is 1. The lowest BCUT2D eigenvalue weighted by atomic mass is 10.0. The number of ether oxygens (including phenoxy) is 2. The average Bonchev–Trinajstić information content (AvgIpc) is 2.39. The smallest absolute Gasteiger partial charge is 0.101 e. The molecule has 0 amide bonds. The van der Waals surface area contributed by atoms with E-state index >= 15 is 0 Å². The molecule has 1 aliphatic heterocycles. The normalized spacial score (nSPS) is 26.8. The summed E-state index contributed by atoms with van der Waals surface area (Å²) in [5.41, 5.74) is 1.22. The monoisotopic (exact) mass is 312 g/mol. The summed E-state index contributed by atoms with van der Waals surface area (Å²) in [6.07, 6.45) is 13.2. The van der Waals surface area contributed by atoms with Crippen molar-refractivity contribution in [2.45, 2.75) is 44.0 Å². The number of halogens is 1. The molecule has 0 bridgehead atoms. The zero-order valence-corrected chi connectivity index (χ0v) is 12.5. The second-order valence-corrected chi connectivity index (χ2v) is 5.04. The third kappa shape index (κ3) is 4.97. The van der Waals surface area contributed by atoms with Gasteiger partial charge in [-0.3, -0.25) is 0 Å². The van der Waals surface area contributed by atoms with Crippen molar-refractivity contribution in [1.82, 2.24) is 0 Å². The van der Waals surface area contributed by atoms with E-state index in [9.17, 15) is 0 Å². The molecule has 1 aliphatic rings. The standard InChI is InChI=1S/C15H21BrO2/c1-4-6-13-9-10-14(17-3)15(18-13)8-5-7-12(2)11-16/h1,9-10,13-15H,2,5-8,11H2,3H3/t13-,14+,15?/m1/s1. The highest BCUT2D eigenvalue weighted by molar-refractivity contribution is 9.09. The summed E-state index contributed by atoms with van der Waals surface area (Å²) in [6.45, 7) is 3.98. The van der Waals surface area contributed by atoms with Crippen LogP contribution in [0.15, 0.2) is 24.3 Å². The maximum Gasteiger partial charge on any atom is 0.101 e. The van der Waals surface area contributed by atoms with E-state index in [4.69, 9.17) is 15.9 Å². The van der Waals surface area contributed by atoms with Crippen LogP contribution in [0.25, 0.3) is 0 Å². The number of rotatable bonds is 7. The van der Waals surface area contributed by atoms with Crippen molar-refractivity contribution in [2.75, 3.05) is 12.4 Å². The van der Waals surface area contributed by atoms with Crippen LogP contribution < -0.4 is 0 Å². The van der Waals surface area contributed by atoms with Gasteiger partial charge in [-0.25, -0.2) is 0 Å². The van der Waals surface area contributed by atoms with Crippen LogP contribution in [0.4, 0.5) is 0 Å². The highest BCUT2D eigenvalue weighted by atomic mass is 79.9. The second kappa shape index (κ2) is 8.53. The number of allylic oxidation sites excluding steroid dienone is 1. The van der Waals surface area contributed by atoms with Crippen LogP contribution in [0.5, 0.6) is 0 Å². The molecule has 18 heavy (non-hydrogen) atoms. The Morgan fingerprint density at radius 3 is 2.94 bits per heavy atom. The SMILES string of the molecule is C#CC[C@@H]1C=C[C@H](OC)C(CCCC(=C)CBr)O1. The van der Waals surface area contributed by atoms with Gasteiger partial charge >= 0.3 is 0 Å². The van der Waals surface area contributed by atoms with Crippen molar-refractivity contribution < 1.29 is 9.47 Å². The molecule has 0 fully saturated rings. The van der Waals surface area contributed by atoms with Crippen LogP contribution in [0, 0.1) is 12.3 Å². The Morgan fingerprint density at radius 1 is 1.56 bits per heavy atom. The predicted molar refractivity (Wildman–Crippen MR) is 78.8 cm³/mol. The third-order valence-electron chi connectivity index (χ3n) is 3.03. The summed E-state index contributed by atoms with van der Waals surface area (Å²) in [7, 11) is 1.71. The molecule has 0 saturated heterocycles. The summed E-state index contributed by atoms with van der Waals surface area (Å²) in [6, 6.07) is 0. The van der Waals surface area contributed by atoms with Gasteiger partial charge in [-0.05, 0) is 19.3 Å². The fraction of sp³-hybridized carbons (Fsp3) is 0.600. The Hall–Kier alpha value is -0.560. The van der Waals surface area contributed by atoms with Crippen LogP contribution >= 0.6 is 15.9 Å². The average molecular weight is 313 g/mol. The maximum atomic E-state index is 5.95. The van der Waals surface area contributed by atoms with Crippen molar-refractivity contribution in [2.24, 2.45) is 0 Å². The molecule has 3 atom stereocenters. The molecular weight excluding hydrogens is 292 g/mol. The van der Waals surface area contributed by atoms with Crippen molar-refractivity contribution in [3.63, 3.8) is 0 Å². The van der Waals surface area contributed by atoms with Gasteiger partial charge in [0.2, 0.25) is 0 Å². The Morgan fingerprint density at radius 2 is 2.33 bits per heavy atom. The first-order valence-electron chi connectivity index (χ1n) is 6.24. The van der Waals surface area contributed by atoms with E-state index in [-0.39, 0.29) is 18.3 Å². The minimum atomic E-state index is 0.0331. The Balaban J connectivity index is 2.43. The summed E-state index contributed by atoms with van der Waals surface area (Å²) >= 11 is 3.41. The number of hydrogen-bond acceptors (Lipinski definition) is 2. The highest BCUT2D eigenvalue weighted by Gasteiger charge is 2.26. The second-order valence-electron chi connectivity index (χ2n) is 4.48. The highest BCUT2D eigenvalue weighted by Crippen LogP contribution is 2.22. The molecule has 0 aromatic heterocycles. The van der Waals surface area contributed by atoms with E-state index in [1.165, 1.54) is 5.57 Å². The molecule has 2 nitrogen and oxygen atoms in total. The first-order valence-corrected chi connectivity index (χ1v) is 7.36. The molecule has 0 spiro atoms. The van der Waals surface area contributed by atoms with E-state index in [1.807, 2.05) is 6.08 Å². The van der Waals surface area contributed by atoms with Crippen LogP contribution in [0.3, 0.4) is 0 Å². The van der Waals surface area contributed by atoms with Gasteiger partial charge in [0.25, 0.3) is 0 Å². The molecule has 3 heteroatoms. The molecule has 1 heterocycles. The van der Waals surface area contributed by atoms with Crippen molar-refractivity contribution in [3.05, 3.63) is 24.3 Å². The molecule has 1 rings (SSSR count). The quantitative estimate of drug-likeness (QED) is 0.407. The van der Waals surface area contributed by atoms with Gasteiger partial charge in [0.15, 0.2) is 0 Å². The van der Waals surface area contributed by atoms with E-state index < -0.39 is 0 Å². The zero-order valence-electron chi connectivity index (χ0n) is 10.9. The van der Waals surface area contributed by atoms with Crippen LogP contribution in [-0.2, 0) is 9.47 Å². The van der Waals surface area contributed by atoms with E-state index in [0.717, 1.165) is 24.6 Å². The van der Waals surface area contributed by atoms with Gasteiger partial charge in [-0.1, -0.05) is 40.2 Å². The lowest BCUT2D eigenvalue weighted by Crippen LogP contribution is -2.36. The Labute approximate surface area is 119 Å². The predicted octanol–water partition coefficient (Wildman–Crippen LogP) is 3.47. The van der Waals surface area contributed by atoms with Gasteiger partial charge < -0.3 is 9.47 Å². The molecule has 0 radical (unpaired) electrons. The van der Waals surface area contributed by atoms with Gasteiger partial charge in [0, 0.05) is 18.9 Å². The molecule has 0 saturated carbocycles. The molecular formula is C15H21BrO2. The summed E-state index contributed by atoms with van der Waals surface area (Å²) in [4.78, 5) is 0. The lowest BCUT2D eigenvalue weighted by molar-refractivity contribution is -0.0720. The first kappa shape index (κ1) is 15.5. The topological polar surface area (TPSA) is 18.5 Å². The maximum absolute atomic E-state index is 5.95. The Bertz CT molecular complexity index is 330. The third-order valence-corrected chi connectivity index (χ3v) is 3.82. The van der Waals surface area contributed by atoms with Crippen LogP contribution in [0.2, 0.25) is 0 Å².